The summed E-state index contributed by atoms with van der Waals surface area (Å²) in [6.07, 6.45) is 7.02. The number of halogens is 3. The van der Waals surface area contributed by atoms with Crippen LogP contribution in [-0.2, 0) is 6.61 Å². The van der Waals surface area contributed by atoms with Gasteiger partial charge in [-0.2, -0.15) is 9.78 Å². The average molecular weight is 569 g/mol. The Labute approximate surface area is 221 Å². The molecule has 1 aromatic heterocycles. The minimum atomic E-state index is -0.326. The van der Waals surface area contributed by atoms with Crippen molar-refractivity contribution in [2.45, 2.75) is 44.6 Å². The number of rotatable bonds is 6. The molecule has 1 fully saturated rings. The van der Waals surface area contributed by atoms with Crippen molar-refractivity contribution in [3.63, 3.8) is 0 Å². The molecule has 1 heterocycles. The van der Waals surface area contributed by atoms with E-state index >= 15 is 0 Å². The van der Waals surface area contributed by atoms with E-state index in [2.05, 4.69) is 21.0 Å². The van der Waals surface area contributed by atoms with Gasteiger partial charge in [-0.1, -0.05) is 65.0 Å². The number of ether oxygens (including phenoxy) is 1. The smallest absolute Gasteiger partial charge is 0.282 e. The largest absolute Gasteiger partial charge is 0.487 e. The van der Waals surface area contributed by atoms with Gasteiger partial charge < -0.3 is 4.74 Å². The van der Waals surface area contributed by atoms with Crippen molar-refractivity contribution >= 4 is 44.6 Å². The third kappa shape index (κ3) is 5.37. The van der Waals surface area contributed by atoms with Crippen molar-refractivity contribution in [3.05, 3.63) is 103 Å². The summed E-state index contributed by atoms with van der Waals surface area (Å²) in [5, 5.41) is 5.44. The zero-order chi connectivity index (χ0) is 25.1. The fraction of sp³-hybridized carbons (Fsp3) is 0.250. The molecule has 0 amide bonds. The first-order valence-electron chi connectivity index (χ1n) is 11.9. The van der Waals surface area contributed by atoms with Crippen LogP contribution in [0.2, 0.25) is 5.02 Å². The molecular formula is C28H24BrClFN3O2. The molecule has 0 N–H and O–H groups in total. The van der Waals surface area contributed by atoms with Gasteiger partial charge >= 0.3 is 0 Å². The number of aromatic nitrogens is 2. The molecule has 1 aliphatic carbocycles. The highest BCUT2D eigenvalue weighted by Crippen LogP contribution is 2.32. The zero-order valence-electron chi connectivity index (χ0n) is 19.5. The summed E-state index contributed by atoms with van der Waals surface area (Å²) >= 11 is 9.88. The summed E-state index contributed by atoms with van der Waals surface area (Å²) in [5.41, 5.74) is 1.63. The summed E-state index contributed by atoms with van der Waals surface area (Å²) in [7, 11) is 0. The van der Waals surface area contributed by atoms with Gasteiger partial charge in [0.25, 0.3) is 5.56 Å². The molecule has 5 rings (SSSR count). The van der Waals surface area contributed by atoms with Crippen LogP contribution in [0.15, 0.2) is 75.0 Å². The first-order valence-corrected chi connectivity index (χ1v) is 13.1. The van der Waals surface area contributed by atoms with Crippen LogP contribution in [0.3, 0.4) is 0 Å². The molecule has 0 atom stereocenters. The summed E-state index contributed by atoms with van der Waals surface area (Å²) in [6, 6.07) is 17.2. The van der Waals surface area contributed by atoms with E-state index in [0.717, 1.165) is 30.2 Å². The topological polar surface area (TPSA) is 56.5 Å². The monoisotopic (exact) mass is 567 g/mol. The van der Waals surface area contributed by atoms with E-state index < -0.39 is 0 Å². The molecule has 0 radical (unpaired) electrons. The van der Waals surface area contributed by atoms with Gasteiger partial charge in [-0.05, 0) is 60.9 Å². The van der Waals surface area contributed by atoms with E-state index in [1.165, 1.54) is 17.2 Å². The highest BCUT2D eigenvalue weighted by molar-refractivity contribution is 9.10. The molecule has 3 aromatic carbocycles. The van der Waals surface area contributed by atoms with E-state index in [9.17, 15) is 9.18 Å². The van der Waals surface area contributed by atoms with Crippen LogP contribution in [0.1, 0.15) is 55.0 Å². The Bertz CT molecular complexity index is 1500. The zero-order valence-corrected chi connectivity index (χ0v) is 21.8. The summed E-state index contributed by atoms with van der Waals surface area (Å²) < 4.78 is 21.8. The SMILES string of the molecule is O=c1c2cc(Br)ccc2nc(C2CCCCC2)n1N=Cc1ccc(OCc2ccccc2F)c(Cl)c1. The van der Waals surface area contributed by atoms with Gasteiger partial charge in [-0.25, -0.2) is 9.37 Å². The fourth-order valence-corrected chi connectivity index (χ4v) is 5.12. The van der Waals surface area contributed by atoms with Gasteiger partial charge in [0.1, 0.15) is 24.0 Å². The van der Waals surface area contributed by atoms with Crippen LogP contribution >= 0.6 is 27.5 Å². The van der Waals surface area contributed by atoms with Gasteiger partial charge in [-0.3, -0.25) is 4.79 Å². The highest BCUT2D eigenvalue weighted by atomic mass is 79.9. The van der Waals surface area contributed by atoms with Gasteiger partial charge in [-0.15, -0.1) is 0 Å². The van der Waals surface area contributed by atoms with E-state index in [1.54, 1.807) is 48.7 Å². The minimum Gasteiger partial charge on any atom is -0.487 e. The first kappa shape index (κ1) is 24.7. The van der Waals surface area contributed by atoms with Gasteiger partial charge in [0.2, 0.25) is 0 Å². The minimum absolute atomic E-state index is 0.0677. The number of benzene rings is 3. The predicted molar refractivity (Wildman–Crippen MR) is 145 cm³/mol. The summed E-state index contributed by atoms with van der Waals surface area (Å²) in [4.78, 5) is 18.3. The van der Waals surface area contributed by atoms with Crippen LogP contribution in [0.5, 0.6) is 5.75 Å². The lowest BCUT2D eigenvalue weighted by atomic mass is 9.88. The Hall–Kier alpha value is -3.03. The lowest BCUT2D eigenvalue weighted by Gasteiger charge is -2.22. The fourth-order valence-electron chi connectivity index (χ4n) is 4.51. The second-order valence-corrected chi connectivity index (χ2v) is 10.2. The Morgan fingerprint density at radius 3 is 2.69 bits per heavy atom. The maximum atomic E-state index is 13.9. The third-order valence-corrected chi connectivity index (χ3v) is 7.21. The lowest BCUT2D eigenvalue weighted by molar-refractivity contribution is 0.300. The molecule has 0 unspecified atom stereocenters. The Morgan fingerprint density at radius 2 is 1.92 bits per heavy atom. The molecule has 1 saturated carbocycles. The van der Waals surface area contributed by atoms with Crippen LogP contribution in [-0.4, -0.2) is 15.9 Å². The van der Waals surface area contributed by atoms with Crippen molar-refractivity contribution in [2.24, 2.45) is 5.10 Å². The van der Waals surface area contributed by atoms with Crippen LogP contribution in [0.4, 0.5) is 4.39 Å². The van der Waals surface area contributed by atoms with Gasteiger partial charge in [0.05, 0.1) is 22.1 Å². The van der Waals surface area contributed by atoms with Crippen molar-refractivity contribution in [1.29, 1.82) is 0 Å². The second-order valence-electron chi connectivity index (χ2n) is 8.90. The standard InChI is InChI=1S/C28H24BrClFN3O2/c29-21-11-12-25-22(15-21)28(35)34(27(33-25)19-6-2-1-3-7-19)32-16-18-10-13-26(23(30)14-18)36-17-20-8-4-5-9-24(20)31/h4-5,8-16,19H,1-3,6-7,17H2. The van der Waals surface area contributed by atoms with Gasteiger partial charge in [0, 0.05) is 16.0 Å². The number of nitrogens with zero attached hydrogens (tertiary/aromatic N) is 3. The quantitative estimate of drug-likeness (QED) is 0.227. The van der Waals surface area contributed by atoms with Crippen LogP contribution in [0.25, 0.3) is 10.9 Å². The van der Waals surface area contributed by atoms with E-state index in [4.69, 9.17) is 21.3 Å². The Morgan fingerprint density at radius 1 is 1.11 bits per heavy atom. The number of hydrogen-bond acceptors (Lipinski definition) is 4. The van der Waals surface area contributed by atoms with Crippen LogP contribution in [0, 0.1) is 5.82 Å². The van der Waals surface area contributed by atoms with Crippen molar-refractivity contribution < 1.29 is 9.13 Å². The maximum Gasteiger partial charge on any atom is 0.282 e. The average Bonchev–Trinajstić information content (AvgIpc) is 2.89. The summed E-state index contributed by atoms with van der Waals surface area (Å²) in [5.74, 6) is 0.998. The maximum absolute atomic E-state index is 13.9. The predicted octanol–water partition coefficient (Wildman–Crippen LogP) is 7.46. The molecule has 8 heteroatoms. The van der Waals surface area contributed by atoms with Gasteiger partial charge in [0.15, 0.2) is 0 Å². The lowest BCUT2D eigenvalue weighted by Crippen LogP contribution is -2.25. The first-order chi connectivity index (χ1) is 17.5. The van der Waals surface area contributed by atoms with E-state index in [0.29, 0.717) is 38.6 Å². The Balaban J connectivity index is 1.44. The summed E-state index contributed by atoms with van der Waals surface area (Å²) in [6.45, 7) is 0.0677. The second kappa shape index (κ2) is 10.9. The highest BCUT2D eigenvalue weighted by Gasteiger charge is 2.22. The van der Waals surface area contributed by atoms with Crippen molar-refractivity contribution in [2.75, 3.05) is 0 Å². The normalized spacial score (nSPS) is 14.5. The Kier molecular flexibility index (Phi) is 7.48. The molecule has 0 spiro atoms. The molecule has 5 nitrogen and oxygen atoms in total. The molecule has 4 aromatic rings. The molecule has 0 bridgehead atoms. The molecule has 0 saturated heterocycles. The van der Waals surface area contributed by atoms with Crippen molar-refractivity contribution in [1.82, 2.24) is 9.66 Å². The third-order valence-electron chi connectivity index (χ3n) is 6.42. The number of fused-ring (bicyclic) bond motifs is 1. The molecule has 0 aliphatic heterocycles. The number of hydrogen-bond donors (Lipinski definition) is 0. The van der Waals surface area contributed by atoms with E-state index in [-0.39, 0.29) is 23.9 Å². The molecule has 1 aliphatic rings. The van der Waals surface area contributed by atoms with E-state index in [1.807, 2.05) is 12.1 Å². The van der Waals surface area contributed by atoms with Crippen LogP contribution < -0.4 is 10.3 Å². The van der Waals surface area contributed by atoms with Crippen molar-refractivity contribution in [3.8, 4) is 5.75 Å². The molecule has 184 valence electrons. The molecular weight excluding hydrogens is 545 g/mol. The molecule has 36 heavy (non-hydrogen) atoms.